The molecule has 2 saturated carbocycles. The molecule has 2 aliphatic heterocycles. The standard InChI is InChI=1S/C17H30N2O2/c1-2-8-17(7-1)20-13-16(21-17)12-19-9-5-15(6-10-19)18-11-14-3-4-14/h14-16,18H,1-13H2. The fourth-order valence-corrected chi connectivity index (χ4v) is 4.15. The topological polar surface area (TPSA) is 33.7 Å². The highest BCUT2D eigenvalue weighted by Gasteiger charge is 2.44. The molecule has 120 valence electrons. The molecule has 4 aliphatic rings. The molecule has 4 rings (SSSR count). The molecular formula is C17H30N2O2. The highest BCUT2D eigenvalue weighted by molar-refractivity contribution is 4.87. The first-order valence-corrected chi connectivity index (χ1v) is 9.09. The maximum Gasteiger partial charge on any atom is 0.168 e. The molecule has 21 heavy (non-hydrogen) atoms. The fourth-order valence-electron chi connectivity index (χ4n) is 4.15. The van der Waals surface area contributed by atoms with E-state index < -0.39 is 0 Å². The van der Waals surface area contributed by atoms with Crippen molar-refractivity contribution < 1.29 is 9.47 Å². The van der Waals surface area contributed by atoms with Gasteiger partial charge in [-0.2, -0.15) is 0 Å². The molecule has 1 spiro atoms. The highest BCUT2D eigenvalue weighted by atomic mass is 16.7. The van der Waals surface area contributed by atoms with Crippen LogP contribution in [0.15, 0.2) is 0 Å². The molecule has 0 radical (unpaired) electrons. The van der Waals surface area contributed by atoms with Gasteiger partial charge in [0.05, 0.1) is 12.7 Å². The molecule has 1 N–H and O–H groups in total. The first-order chi connectivity index (χ1) is 10.3. The van der Waals surface area contributed by atoms with Crippen LogP contribution >= 0.6 is 0 Å². The summed E-state index contributed by atoms with van der Waals surface area (Å²) < 4.78 is 12.2. The summed E-state index contributed by atoms with van der Waals surface area (Å²) in [6.45, 7) is 5.56. The Morgan fingerprint density at radius 2 is 1.81 bits per heavy atom. The molecule has 0 aromatic carbocycles. The van der Waals surface area contributed by atoms with Crippen LogP contribution in [0.1, 0.15) is 51.4 Å². The number of hydrogen-bond acceptors (Lipinski definition) is 4. The summed E-state index contributed by atoms with van der Waals surface area (Å²) in [4.78, 5) is 2.58. The van der Waals surface area contributed by atoms with Gasteiger partial charge in [0.1, 0.15) is 0 Å². The van der Waals surface area contributed by atoms with Crippen LogP contribution in [0.4, 0.5) is 0 Å². The summed E-state index contributed by atoms with van der Waals surface area (Å²) in [5, 5.41) is 3.75. The number of nitrogens with zero attached hydrogens (tertiary/aromatic N) is 1. The Bertz CT molecular complexity index is 345. The van der Waals surface area contributed by atoms with Gasteiger partial charge in [0.15, 0.2) is 5.79 Å². The van der Waals surface area contributed by atoms with Crippen LogP contribution in [0, 0.1) is 5.92 Å². The van der Waals surface area contributed by atoms with Gasteiger partial charge in [-0.3, -0.25) is 0 Å². The van der Waals surface area contributed by atoms with E-state index in [2.05, 4.69) is 10.2 Å². The highest BCUT2D eigenvalue weighted by Crippen LogP contribution is 2.39. The van der Waals surface area contributed by atoms with Gasteiger partial charge in [0.25, 0.3) is 0 Å². The lowest BCUT2D eigenvalue weighted by Crippen LogP contribution is -2.45. The van der Waals surface area contributed by atoms with Gasteiger partial charge in [-0.1, -0.05) is 0 Å². The summed E-state index contributed by atoms with van der Waals surface area (Å²) in [6.07, 6.45) is 10.6. The van der Waals surface area contributed by atoms with E-state index in [1.165, 1.54) is 58.2 Å². The molecular weight excluding hydrogens is 264 g/mol. The van der Waals surface area contributed by atoms with Crippen LogP contribution in [0.25, 0.3) is 0 Å². The lowest BCUT2D eigenvalue weighted by atomic mass is 10.0. The van der Waals surface area contributed by atoms with Crippen LogP contribution in [0.2, 0.25) is 0 Å². The molecule has 2 heterocycles. The average Bonchev–Trinajstić information content (AvgIpc) is 3.10. The predicted octanol–water partition coefficient (Wildman–Crippen LogP) is 2.14. The normalized spacial score (nSPS) is 34.0. The van der Waals surface area contributed by atoms with E-state index in [-0.39, 0.29) is 5.79 Å². The van der Waals surface area contributed by atoms with Crippen molar-refractivity contribution in [3.8, 4) is 0 Å². The number of hydrogen-bond donors (Lipinski definition) is 1. The van der Waals surface area contributed by atoms with Crippen molar-refractivity contribution in [2.24, 2.45) is 5.92 Å². The maximum atomic E-state index is 6.25. The number of nitrogens with one attached hydrogen (secondary N) is 1. The predicted molar refractivity (Wildman–Crippen MR) is 82.2 cm³/mol. The fraction of sp³-hybridized carbons (Fsp3) is 1.00. The van der Waals surface area contributed by atoms with Crippen LogP contribution in [0.3, 0.4) is 0 Å². The van der Waals surface area contributed by atoms with Gasteiger partial charge in [0, 0.05) is 25.4 Å². The third-order valence-electron chi connectivity index (χ3n) is 5.72. The van der Waals surface area contributed by atoms with Crippen molar-refractivity contribution in [2.75, 3.05) is 32.8 Å². The smallest absolute Gasteiger partial charge is 0.168 e. The van der Waals surface area contributed by atoms with E-state index in [1.54, 1.807) is 0 Å². The molecule has 0 amide bonds. The van der Waals surface area contributed by atoms with Crippen molar-refractivity contribution in [1.82, 2.24) is 10.2 Å². The lowest BCUT2D eigenvalue weighted by molar-refractivity contribution is -0.163. The Morgan fingerprint density at radius 3 is 2.52 bits per heavy atom. The van der Waals surface area contributed by atoms with E-state index in [1.807, 2.05) is 0 Å². The van der Waals surface area contributed by atoms with Crippen LogP contribution in [0.5, 0.6) is 0 Å². The van der Waals surface area contributed by atoms with Crippen LogP contribution < -0.4 is 5.32 Å². The number of rotatable bonds is 5. The second kappa shape index (κ2) is 6.15. The molecule has 2 saturated heterocycles. The molecule has 0 aromatic rings. The van der Waals surface area contributed by atoms with E-state index in [9.17, 15) is 0 Å². The molecule has 0 aromatic heterocycles. The van der Waals surface area contributed by atoms with Crippen molar-refractivity contribution in [3.05, 3.63) is 0 Å². The van der Waals surface area contributed by atoms with Gasteiger partial charge in [-0.25, -0.2) is 0 Å². The van der Waals surface area contributed by atoms with Gasteiger partial charge in [0.2, 0.25) is 0 Å². The van der Waals surface area contributed by atoms with Crippen LogP contribution in [-0.4, -0.2) is 55.6 Å². The van der Waals surface area contributed by atoms with Crippen molar-refractivity contribution >= 4 is 0 Å². The zero-order valence-corrected chi connectivity index (χ0v) is 13.2. The van der Waals surface area contributed by atoms with Crippen molar-refractivity contribution in [1.29, 1.82) is 0 Å². The first-order valence-electron chi connectivity index (χ1n) is 9.09. The molecule has 4 nitrogen and oxygen atoms in total. The lowest BCUT2D eigenvalue weighted by Gasteiger charge is -2.34. The second-order valence-electron chi connectivity index (χ2n) is 7.60. The molecule has 0 bridgehead atoms. The van der Waals surface area contributed by atoms with E-state index in [0.717, 1.165) is 38.0 Å². The molecule has 2 aliphatic carbocycles. The largest absolute Gasteiger partial charge is 0.347 e. The summed E-state index contributed by atoms with van der Waals surface area (Å²) in [7, 11) is 0. The third-order valence-corrected chi connectivity index (χ3v) is 5.72. The zero-order chi connectivity index (χ0) is 14.1. The van der Waals surface area contributed by atoms with E-state index in [4.69, 9.17) is 9.47 Å². The maximum absolute atomic E-state index is 6.25. The van der Waals surface area contributed by atoms with Gasteiger partial charge in [-0.05, 0) is 64.1 Å². The summed E-state index contributed by atoms with van der Waals surface area (Å²) in [5.74, 6) is 0.809. The summed E-state index contributed by atoms with van der Waals surface area (Å²) in [6, 6.07) is 0.753. The molecule has 4 heteroatoms. The monoisotopic (exact) mass is 294 g/mol. The van der Waals surface area contributed by atoms with Crippen molar-refractivity contribution in [2.45, 2.75) is 69.3 Å². The molecule has 1 unspecified atom stereocenters. The Kier molecular flexibility index (Phi) is 4.23. The van der Waals surface area contributed by atoms with Gasteiger partial charge in [-0.15, -0.1) is 0 Å². The minimum absolute atomic E-state index is 0.186. The van der Waals surface area contributed by atoms with Crippen LogP contribution in [-0.2, 0) is 9.47 Å². The number of likely N-dealkylation sites (tertiary alicyclic amines) is 1. The third kappa shape index (κ3) is 3.61. The van der Waals surface area contributed by atoms with Gasteiger partial charge < -0.3 is 19.7 Å². The Balaban J connectivity index is 1.17. The second-order valence-corrected chi connectivity index (χ2v) is 7.60. The van der Waals surface area contributed by atoms with E-state index >= 15 is 0 Å². The van der Waals surface area contributed by atoms with E-state index in [0.29, 0.717) is 6.10 Å². The Morgan fingerprint density at radius 1 is 1.05 bits per heavy atom. The Labute approximate surface area is 128 Å². The minimum atomic E-state index is -0.186. The number of ether oxygens (including phenoxy) is 2. The minimum Gasteiger partial charge on any atom is -0.347 e. The average molecular weight is 294 g/mol. The first kappa shape index (κ1) is 14.4. The summed E-state index contributed by atoms with van der Waals surface area (Å²) in [5.41, 5.74) is 0. The van der Waals surface area contributed by atoms with Crippen molar-refractivity contribution in [3.63, 3.8) is 0 Å². The quantitative estimate of drug-likeness (QED) is 0.842. The number of piperidine rings is 1. The summed E-state index contributed by atoms with van der Waals surface area (Å²) >= 11 is 0. The molecule has 4 fully saturated rings. The Hall–Kier alpha value is -0.160. The van der Waals surface area contributed by atoms with Gasteiger partial charge >= 0.3 is 0 Å². The molecule has 1 atom stereocenters. The SMILES string of the molecule is C1CCC2(C1)OCC(CN1CCC(NCC3CC3)CC1)O2. The zero-order valence-electron chi connectivity index (χ0n) is 13.2.